The maximum Gasteiger partial charge on any atom is 0.491 e. The normalized spacial score (nSPS) is 12.2. The molecule has 17 heteroatoms. The fourth-order valence-electron chi connectivity index (χ4n) is 3.40. The zero-order chi connectivity index (χ0) is 31.1. The molecule has 1 amide bonds. The van der Waals surface area contributed by atoms with E-state index < -0.39 is 40.2 Å². The summed E-state index contributed by atoms with van der Waals surface area (Å²) >= 11 is 0. The van der Waals surface area contributed by atoms with Crippen molar-refractivity contribution in [1.82, 2.24) is 14.9 Å². The van der Waals surface area contributed by atoms with Crippen molar-refractivity contribution in [3.05, 3.63) is 60.5 Å². The number of alkyl halides is 3. The van der Waals surface area contributed by atoms with Crippen LogP contribution in [0.25, 0.3) is 0 Å². The Kier molecular flexibility index (Phi) is 10.1. The molecule has 0 radical (unpaired) electrons. The third kappa shape index (κ3) is 8.92. The van der Waals surface area contributed by atoms with Gasteiger partial charge in [-0.05, 0) is 38.1 Å². The molecule has 3 N–H and O–H groups in total. The molecule has 0 aliphatic carbocycles. The molecule has 226 valence electrons. The molecule has 3 rings (SSSR count). The van der Waals surface area contributed by atoms with E-state index in [4.69, 9.17) is 4.74 Å². The van der Waals surface area contributed by atoms with Crippen LogP contribution in [0.1, 0.15) is 13.8 Å². The fraction of sp³-hybridized carbons (Fsp3) is 0.280. The van der Waals surface area contributed by atoms with Gasteiger partial charge >= 0.3 is 24.3 Å². The Hall–Kier alpha value is -4.67. The second kappa shape index (κ2) is 13.3. The largest absolute Gasteiger partial charge is 0.491 e. The molecule has 12 nitrogen and oxygen atoms in total. The summed E-state index contributed by atoms with van der Waals surface area (Å²) < 4.78 is 88.3. The molecule has 3 aromatic rings. The summed E-state index contributed by atoms with van der Waals surface area (Å²) in [7, 11) is -3.64. The van der Waals surface area contributed by atoms with Gasteiger partial charge in [0.1, 0.15) is 5.75 Å². The van der Waals surface area contributed by atoms with E-state index in [0.29, 0.717) is 0 Å². The number of aromatic nitrogens is 2. The summed E-state index contributed by atoms with van der Waals surface area (Å²) in [6, 6.07) is 11.6. The van der Waals surface area contributed by atoms with Crippen molar-refractivity contribution in [1.29, 1.82) is 0 Å². The number of amides is 1. The maximum absolute atomic E-state index is 14.5. The topological polar surface area (TPSA) is 152 Å². The van der Waals surface area contributed by atoms with E-state index in [2.05, 4.69) is 30.1 Å². The van der Waals surface area contributed by atoms with Gasteiger partial charge in [0, 0.05) is 24.8 Å². The number of anilines is 5. The SMILES string of the molecule is CCN(CC)C(=O)C(OC(=O)C(F)(F)F)Oc1cccc(Nc2ncc(F)c(Nc3ccccc3NS(C)(=O)=O)n2)c1. The number of ether oxygens (including phenoxy) is 2. The van der Waals surface area contributed by atoms with Crippen LogP contribution in [0.4, 0.5) is 46.4 Å². The number of benzene rings is 2. The first-order chi connectivity index (χ1) is 19.7. The van der Waals surface area contributed by atoms with Crippen LogP contribution in [0.5, 0.6) is 5.75 Å². The molecule has 1 heterocycles. The van der Waals surface area contributed by atoms with E-state index in [0.717, 1.165) is 17.4 Å². The minimum absolute atomic E-state index is 0.118. The summed E-state index contributed by atoms with van der Waals surface area (Å²) in [5, 5.41) is 5.45. The quantitative estimate of drug-likeness (QED) is 0.154. The van der Waals surface area contributed by atoms with Crippen molar-refractivity contribution >= 4 is 50.7 Å². The molecule has 0 bridgehead atoms. The second-order valence-corrected chi connectivity index (χ2v) is 10.2. The van der Waals surface area contributed by atoms with Crippen molar-refractivity contribution in [2.75, 3.05) is 34.7 Å². The Morgan fingerprint density at radius 3 is 2.31 bits per heavy atom. The first-order valence-corrected chi connectivity index (χ1v) is 14.1. The van der Waals surface area contributed by atoms with Gasteiger partial charge in [-0.15, -0.1) is 0 Å². The number of rotatable bonds is 12. The van der Waals surface area contributed by atoms with E-state index in [9.17, 15) is 35.6 Å². The third-order valence-corrected chi connectivity index (χ3v) is 5.87. The highest BCUT2D eigenvalue weighted by Gasteiger charge is 2.44. The number of carbonyl (C=O) groups excluding carboxylic acids is 2. The molecular formula is C25H26F4N6O6S. The number of halogens is 4. The first-order valence-electron chi connectivity index (χ1n) is 12.2. The molecule has 1 unspecified atom stereocenters. The molecule has 2 aromatic carbocycles. The highest BCUT2D eigenvalue weighted by atomic mass is 32.2. The number of para-hydroxylation sites is 2. The van der Waals surface area contributed by atoms with E-state index in [1.165, 1.54) is 36.4 Å². The molecular weight excluding hydrogens is 588 g/mol. The Morgan fingerprint density at radius 1 is 1.02 bits per heavy atom. The zero-order valence-electron chi connectivity index (χ0n) is 22.4. The van der Waals surface area contributed by atoms with Crippen LogP contribution in [0.2, 0.25) is 0 Å². The summed E-state index contributed by atoms with van der Waals surface area (Å²) in [6.07, 6.45) is -5.79. The number of sulfonamides is 1. The number of nitrogens with zero attached hydrogens (tertiary/aromatic N) is 3. The summed E-state index contributed by atoms with van der Waals surface area (Å²) in [5.41, 5.74) is 0.539. The average Bonchev–Trinajstić information content (AvgIpc) is 2.90. The lowest BCUT2D eigenvalue weighted by atomic mass is 10.2. The molecule has 0 aliphatic rings. The minimum Gasteiger partial charge on any atom is -0.446 e. The van der Waals surface area contributed by atoms with Crippen LogP contribution in [0, 0.1) is 5.82 Å². The lowest BCUT2D eigenvalue weighted by Gasteiger charge is -2.25. The smallest absolute Gasteiger partial charge is 0.446 e. The molecule has 0 aliphatic heterocycles. The number of esters is 1. The lowest BCUT2D eigenvalue weighted by Crippen LogP contribution is -2.46. The Morgan fingerprint density at radius 2 is 1.69 bits per heavy atom. The van der Waals surface area contributed by atoms with Gasteiger partial charge in [-0.25, -0.2) is 22.6 Å². The highest BCUT2D eigenvalue weighted by Crippen LogP contribution is 2.28. The number of hydrogen-bond donors (Lipinski definition) is 3. The van der Waals surface area contributed by atoms with Gasteiger partial charge in [-0.3, -0.25) is 9.52 Å². The van der Waals surface area contributed by atoms with Crippen molar-refractivity contribution < 1.29 is 45.0 Å². The van der Waals surface area contributed by atoms with Gasteiger partial charge in [0.2, 0.25) is 16.0 Å². The van der Waals surface area contributed by atoms with Crippen LogP contribution < -0.4 is 20.1 Å². The van der Waals surface area contributed by atoms with E-state index in [1.54, 1.807) is 26.0 Å². The zero-order valence-corrected chi connectivity index (χ0v) is 23.2. The Balaban J connectivity index is 1.83. The predicted octanol–water partition coefficient (Wildman–Crippen LogP) is 4.15. The Labute approximate surface area is 238 Å². The van der Waals surface area contributed by atoms with E-state index in [1.807, 2.05) is 0 Å². The standard InChI is InChI=1S/C25H26F4N6O6S/c1-4-35(5-2)21(36)22(41-23(37)25(27,28)29)40-16-10-8-9-15(13-16)31-24-30-14-17(26)20(33-24)32-18-11-6-7-12-19(18)34-42(3,38)39/h6-14,22,34H,4-5H2,1-3H3,(H2,30,31,32,33). The maximum atomic E-state index is 14.5. The van der Waals surface area contributed by atoms with Crippen LogP contribution in [-0.4, -0.2) is 67.0 Å². The van der Waals surface area contributed by atoms with Crippen molar-refractivity contribution in [3.8, 4) is 5.75 Å². The monoisotopic (exact) mass is 614 g/mol. The average molecular weight is 615 g/mol. The van der Waals surface area contributed by atoms with Gasteiger partial charge in [0.05, 0.1) is 23.8 Å². The molecule has 1 aromatic heterocycles. The van der Waals surface area contributed by atoms with Crippen molar-refractivity contribution in [2.24, 2.45) is 0 Å². The van der Waals surface area contributed by atoms with Gasteiger partial charge in [-0.1, -0.05) is 18.2 Å². The first kappa shape index (κ1) is 31.9. The van der Waals surface area contributed by atoms with Gasteiger partial charge in [0.25, 0.3) is 0 Å². The second-order valence-electron chi connectivity index (χ2n) is 8.45. The highest BCUT2D eigenvalue weighted by molar-refractivity contribution is 7.92. The molecule has 0 saturated heterocycles. The van der Waals surface area contributed by atoms with E-state index >= 15 is 0 Å². The predicted molar refractivity (Wildman–Crippen MR) is 144 cm³/mol. The van der Waals surface area contributed by atoms with E-state index in [-0.39, 0.29) is 47.7 Å². The van der Waals surface area contributed by atoms with Crippen LogP contribution in [-0.2, 0) is 24.3 Å². The third-order valence-electron chi connectivity index (χ3n) is 5.28. The molecule has 0 spiro atoms. The minimum atomic E-state index is -5.36. The van der Waals surface area contributed by atoms with Crippen molar-refractivity contribution in [3.63, 3.8) is 0 Å². The van der Waals surface area contributed by atoms with Crippen LogP contribution >= 0.6 is 0 Å². The number of hydrogen-bond acceptors (Lipinski definition) is 10. The number of nitrogens with one attached hydrogen (secondary N) is 3. The molecule has 0 saturated carbocycles. The van der Waals surface area contributed by atoms with Crippen LogP contribution in [0.15, 0.2) is 54.7 Å². The van der Waals surface area contributed by atoms with Gasteiger partial charge in [0.15, 0.2) is 11.6 Å². The van der Waals surface area contributed by atoms with Gasteiger partial charge in [-0.2, -0.15) is 18.2 Å². The molecule has 1 atom stereocenters. The molecule has 0 fully saturated rings. The summed E-state index contributed by atoms with van der Waals surface area (Å²) in [6.45, 7) is 3.41. The van der Waals surface area contributed by atoms with Crippen LogP contribution in [0.3, 0.4) is 0 Å². The van der Waals surface area contributed by atoms with Crippen molar-refractivity contribution in [2.45, 2.75) is 26.3 Å². The lowest BCUT2D eigenvalue weighted by molar-refractivity contribution is -0.218. The summed E-state index contributed by atoms with van der Waals surface area (Å²) in [5.74, 6) is -5.07. The summed E-state index contributed by atoms with van der Waals surface area (Å²) in [4.78, 5) is 33.2. The Bertz CT molecular complexity index is 1540. The number of carbonyl (C=O) groups is 2. The number of likely N-dealkylation sites (N-methyl/N-ethyl adjacent to an activating group) is 1. The molecule has 42 heavy (non-hydrogen) atoms. The van der Waals surface area contributed by atoms with Gasteiger partial charge < -0.3 is 25.0 Å². The fourth-order valence-corrected chi connectivity index (χ4v) is 3.97.